The van der Waals surface area contributed by atoms with E-state index >= 15 is 0 Å². The molecule has 1 amide bonds. The first-order chi connectivity index (χ1) is 14.1. The summed E-state index contributed by atoms with van der Waals surface area (Å²) in [5, 5.41) is 3.94. The van der Waals surface area contributed by atoms with Crippen molar-refractivity contribution in [2.24, 2.45) is 0 Å². The van der Waals surface area contributed by atoms with Crippen LogP contribution in [0.5, 0.6) is 0 Å². The molecule has 29 heavy (non-hydrogen) atoms. The molecule has 4 heterocycles. The molecular formula is C22H17N5OS. The third-order valence-corrected chi connectivity index (χ3v) is 5.91. The predicted octanol–water partition coefficient (Wildman–Crippen LogP) is 4.88. The Morgan fingerprint density at radius 3 is 2.79 bits per heavy atom. The van der Waals surface area contributed by atoms with E-state index < -0.39 is 0 Å². The van der Waals surface area contributed by atoms with Gasteiger partial charge in [0, 0.05) is 23.6 Å². The van der Waals surface area contributed by atoms with Crippen molar-refractivity contribution >= 4 is 38.9 Å². The van der Waals surface area contributed by atoms with E-state index in [9.17, 15) is 4.79 Å². The van der Waals surface area contributed by atoms with Crippen LogP contribution in [-0.4, -0.2) is 25.3 Å². The van der Waals surface area contributed by atoms with Crippen LogP contribution in [0.4, 0.5) is 5.69 Å². The number of benzene rings is 1. The maximum Gasteiger partial charge on any atom is 0.274 e. The number of hydrogen-bond donors (Lipinski definition) is 1. The molecular weight excluding hydrogens is 382 g/mol. The molecule has 4 aromatic heterocycles. The number of carbonyl (C=O) groups excluding carboxylic acids is 1. The van der Waals surface area contributed by atoms with Crippen molar-refractivity contribution in [3.63, 3.8) is 0 Å². The third-order valence-electron chi connectivity index (χ3n) is 4.90. The largest absolute Gasteiger partial charge is 0.320 e. The summed E-state index contributed by atoms with van der Waals surface area (Å²) < 4.78 is 1.81. The first-order valence-corrected chi connectivity index (χ1v) is 10.00. The van der Waals surface area contributed by atoms with Crippen LogP contribution < -0.4 is 5.32 Å². The van der Waals surface area contributed by atoms with E-state index in [4.69, 9.17) is 4.98 Å². The topological polar surface area (TPSA) is 72.2 Å². The Labute approximate surface area is 170 Å². The number of hydrogen-bond acceptors (Lipinski definition) is 5. The van der Waals surface area contributed by atoms with Crippen LogP contribution in [0.3, 0.4) is 0 Å². The molecule has 142 valence electrons. The van der Waals surface area contributed by atoms with Gasteiger partial charge in [0.1, 0.15) is 26.7 Å². The van der Waals surface area contributed by atoms with E-state index in [0.29, 0.717) is 11.4 Å². The molecule has 1 aromatic carbocycles. The summed E-state index contributed by atoms with van der Waals surface area (Å²) in [6.45, 7) is 3.84. The molecule has 6 nitrogen and oxygen atoms in total. The van der Waals surface area contributed by atoms with Gasteiger partial charge >= 0.3 is 0 Å². The first-order valence-electron chi connectivity index (χ1n) is 9.18. The van der Waals surface area contributed by atoms with Gasteiger partial charge in [0.05, 0.1) is 5.69 Å². The summed E-state index contributed by atoms with van der Waals surface area (Å²) >= 11 is 1.55. The molecule has 1 N–H and O–H groups in total. The lowest BCUT2D eigenvalue weighted by molar-refractivity contribution is 0.102. The second-order valence-electron chi connectivity index (χ2n) is 6.75. The van der Waals surface area contributed by atoms with Crippen molar-refractivity contribution in [2.45, 2.75) is 13.8 Å². The molecule has 0 atom stereocenters. The Balaban J connectivity index is 1.53. The second-order valence-corrected chi connectivity index (χ2v) is 7.73. The Kier molecular flexibility index (Phi) is 4.10. The van der Waals surface area contributed by atoms with Gasteiger partial charge in [-0.05, 0) is 49.7 Å². The number of thiazole rings is 1. The van der Waals surface area contributed by atoms with Crippen molar-refractivity contribution in [3.05, 3.63) is 77.9 Å². The lowest BCUT2D eigenvalue weighted by Gasteiger charge is -2.11. The normalized spacial score (nSPS) is 11.2. The summed E-state index contributed by atoms with van der Waals surface area (Å²) in [5.41, 5.74) is 5.57. The molecule has 0 fully saturated rings. The molecule has 5 rings (SSSR count). The van der Waals surface area contributed by atoms with Crippen molar-refractivity contribution < 1.29 is 4.79 Å². The smallest absolute Gasteiger partial charge is 0.274 e. The fourth-order valence-corrected chi connectivity index (χ4v) is 4.45. The van der Waals surface area contributed by atoms with Crippen LogP contribution in [-0.2, 0) is 0 Å². The number of fused-ring (bicyclic) bond motifs is 2. The van der Waals surface area contributed by atoms with E-state index in [-0.39, 0.29) is 5.91 Å². The summed E-state index contributed by atoms with van der Waals surface area (Å²) in [6.07, 6.45) is 3.62. The highest BCUT2D eigenvalue weighted by Crippen LogP contribution is 2.33. The van der Waals surface area contributed by atoms with Crippen LogP contribution >= 0.6 is 11.3 Å². The third kappa shape index (κ3) is 2.96. The standard InChI is InChI=1S/C22H17N5OS/c1-13-15(21-26-17-9-6-11-23-22(17)29-21)7-5-8-16(13)25-20(28)19-14(2)24-18-10-3-4-12-27(18)19/h3-12H,1-2H3,(H,25,28). The molecule has 7 heteroatoms. The fourth-order valence-electron chi connectivity index (χ4n) is 3.46. The number of carbonyl (C=O) groups is 1. The highest BCUT2D eigenvalue weighted by molar-refractivity contribution is 7.21. The molecule has 0 spiro atoms. The van der Waals surface area contributed by atoms with Gasteiger partial charge in [-0.25, -0.2) is 15.0 Å². The number of aryl methyl sites for hydroxylation is 1. The average Bonchev–Trinajstić information content (AvgIpc) is 3.29. The van der Waals surface area contributed by atoms with Crippen LogP contribution in [0.25, 0.3) is 26.6 Å². The molecule has 0 saturated carbocycles. The zero-order valence-electron chi connectivity index (χ0n) is 15.9. The van der Waals surface area contributed by atoms with Gasteiger partial charge in [-0.1, -0.05) is 29.5 Å². The zero-order valence-corrected chi connectivity index (χ0v) is 16.7. The van der Waals surface area contributed by atoms with Crippen molar-refractivity contribution in [3.8, 4) is 10.6 Å². The summed E-state index contributed by atoms with van der Waals surface area (Å²) in [4.78, 5) is 27.5. The number of pyridine rings is 2. The van der Waals surface area contributed by atoms with E-state index in [1.165, 1.54) is 0 Å². The molecule has 0 bridgehead atoms. The number of anilines is 1. The van der Waals surface area contributed by atoms with Gasteiger partial charge in [-0.15, -0.1) is 0 Å². The van der Waals surface area contributed by atoms with Crippen molar-refractivity contribution in [2.75, 3.05) is 5.32 Å². The van der Waals surface area contributed by atoms with Gasteiger partial charge in [-0.2, -0.15) is 0 Å². The average molecular weight is 399 g/mol. The van der Waals surface area contributed by atoms with Crippen LogP contribution in [0.2, 0.25) is 0 Å². The first kappa shape index (κ1) is 17.5. The minimum absolute atomic E-state index is 0.188. The molecule has 0 unspecified atom stereocenters. The predicted molar refractivity (Wildman–Crippen MR) is 115 cm³/mol. The number of amides is 1. The minimum atomic E-state index is -0.188. The van der Waals surface area contributed by atoms with E-state index in [2.05, 4.69) is 15.3 Å². The van der Waals surface area contributed by atoms with Gasteiger partial charge in [0.2, 0.25) is 0 Å². The van der Waals surface area contributed by atoms with Crippen molar-refractivity contribution in [1.82, 2.24) is 19.4 Å². The summed E-state index contributed by atoms with van der Waals surface area (Å²) in [7, 11) is 0. The number of rotatable bonds is 3. The number of imidazole rings is 1. The number of nitrogens with zero attached hydrogens (tertiary/aromatic N) is 4. The molecule has 5 aromatic rings. The minimum Gasteiger partial charge on any atom is -0.320 e. The van der Waals surface area contributed by atoms with Gasteiger partial charge < -0.3 is 5.32 Å². The van der Waals surface area contributed by atoms with E-state index in [0.717, 1.165) is 37.8 Å². The number of nitrogens with one attached hydrogen (secondary N) is 1. The highest BCUT2D eigenvalue weighted by Gasteiger charge is 2.18. The lowest BCUT2D eigenvalue weighted by atomic mass is 10.1. The van der Waals surface area contributed by atoms with Gasteiger partial charge in [-0.3, -0.25) is 9.20 Å². The Bertz CT molecular complexity index is 1350. The maximum atomic E-state index is 13.1. The van der Waals surface area contributed by atoms with Crippen molar-refractivity contribution in [1.29, 1.82) is 0 Å². The monoisotopic (exact) mass is 399 g/mol. The van der Waals surface area contributed by atoms with Crippen LogP contribution in [0, 0.1) is 13.8 Å². The molecule has 0 saturated heterocycles. The summed E-state index contributed by atoms with van der Waals surface area (Å²) in [5.74, 6) is -0.188. The second kappa shape index (κ2) is 6.79. The number of aromatic nitrogens is 4. The Hall–Kier alpha value is -3.58. The van der Waals surface area contributed by atoms with Gasteiger partial charge in [0.25, 0.3) is 5.91 Å². The van der Waals surface area contributed by atoms with E-state index in [1.54, 1.807) is 17.5 Å². The van der Waals surface area contributed by atoms with Gasteiger partial charge in [0.15, 0.2) is 0 Å². The Morgan fingerprint density at radius 2 is 1.93 bits per heavy atom. The summed E-state index contributed by atoms with van der Waals surface area (Å²) in [6, 6.07) is 15.4. The lowest BCUT2D eigenvalue weighted by Crippen LogP contribution is -2.16. The maximum absolute atomic E-state index is 13.1. The zero-order chi connectivity index (χ0) is 20.0. The molecule has 0 aliphatic carbocycles. The Morgan fingerprint density at radius 1 is 1.03 bits per heavy atom. The quantitative estimate of drug-likeness (QED) is 0.470. The van der Waals surface area contributed by atoms with Crippen LogP contribution in [0.1, 0.15) is 21.7 Å². The SMILES string of the molecule is Cc1nc2ccccn2c1C(=O)Nc1cccc(-c2nc3cccnc3s2)c1C. The molecule has 0 aliphatic rings. The highest BCUT2D eigenvalue weighted by atomic mass is 32.1. The molecule has 0 aliphatic heterocycles. The fraction of sp³-hybridized carbons (Fsp3) is 0.0909. The van der Waals surface area contributed by atoms with E-state index in [1.807, 2.05) is 73.0 Å². The molecule has 0 radical (unpaired) electrons. The van der Waals surface area contributed by atoms with Crippen LogP contribution in [0.15, 0.2) is 60.9 Å².